The topological polar surface area (TPSA) is 63.2 Å². The third-order valence-corrected chi connectivity index (χ3v) is 4.15. The molecule has 0 bridgehead atoms. The molecule has 0 aromatic rings. The lowest BCUT2D eigenvalue weighted by atomic mass is 10.2. The number of rotatable bonds is 5. The number of hydrogen-bond donors (Lipinski definition) is 1. The van der Waals surface area contributed by atoms with E-state index < -0.39 is 20.5 Å². The second-order valence-corrected chi connectivity index (χ2v) is 6.18. The fraction of sp³-hybridized carbons (Fsp3) is 0.667. The molecule has 0 aromatic heterocycles. The number of carbonyl (C=O) groups excluding carboxylic acids is 1. The van der Waals surface area contributed by atoms with E-state index in [9.17, 15) is 13.2 Å². The summed E-state index contributed by atoms with van der Waals surface area (Å²) in [5, 5.41) is 2.54. The maximum atomic E-state index is 11.5. The van der Waals surface area contributed by atoms with Gasteiger partial charge >= 0.3 is 0 Å². The van der Waals surface area contributed by atoms with Gasteiger partial charge in [-0.25, -0.2) is 8.42 Å². The van der Waals surface area contributed by atoms with Crippen LogP contribution in [0.1, 0.15) is 20.3 Å². The van der Waals surface area contributed by atoms with E-state index in [4.69, 9.17) is 0 Å². The van der Waals surface area contributed by atoms with Crippen LogP contribution in [0.15, 0.2) is 12.7 Å². The minimum Gasteiger partial charge on any atom is -0.354 e. The summed E-state index contributed by atoms with van der Waals surface area (Å²) in [6.45, 7) is 6.71. The molecule has 0 rings (SSSR count). The number of carbonyl (C=O) groups is 1. The first kappa shape index (κ1) is 13.2. The smallest absolute Gasteiger partial charge is 0.240 e. The fourth-order valence-electron chi connectivity index (χ4n) is 0.669. The molecule has 0 heterocycles. The Labute approximate surface area is 85.3 Å². The molecular weight excluding hydrogens is 202 g/mol. The van der Waals surface area contributed by atoms with Crippen molar-refractivity contribution in [2.45, 2.75) is 25.0 Å². The SMILES string of the molecule is C=CCCNC(=O)C(C)(C)S(C)(=O)=O. The molecule has 0 aliphatic carbocycles. The van der Waals surface area contributed by atoms with E-state index in [2.05, 4.69) is 11.9 Å². The van der Waals surface area contributed by atoms with E-state index in [-0.39, 0.29) is 0 Å². The molecule has 0 saturated heterocycles. The van der Waals surface area contributed by atoms with Gasteiger partial charge in [-0.2, -0.15) is 0 Å². The third-order valence-electron chi connectivity index (χ3n) is 2.11. The minimum atomic E-state index is -3.38. The van der Waals surface area contributed by atoms with Crippen LogP contribution >= 0.6 is 0 Å². The predicted octanol–water partition coefficient (Wildman–Crippen LogP) is 0.502. The summed E-state index contributed by atoms with van der Waals surface area (Å²) in [7, 11) is -3.38. The number of nitrogens with one attached hydrogen (secondary N) is 1. The molecule has 1 amide bonds. The highest BCUT2D eigenvalue weighted by molar-refractivity contribution is 7.92. The normalized spacial score (nSPS) is 12.2. The van der Waals surface area contributed by atoms with Crippen molar-refractivity contribution in [1.29, 1.82) is 0 Å². The fourth-order valence-corrected chi connectivity index (χ4v) is 1.08. The summed E-state index contributed by atoms with van der Waals surface area (Å²) in [6.07, 6.45) is 3.35. The Balaban J connectivity index is 4.45. The van der Waals surface area contributed by atoms with Crippen molar-refractivity contribution in [2.75, 3.05) is 12.8 Å². The number of amides is 1. The number of sulfone groups is 1. The average molecular weight is 219 g/mol. The van der Waals surface area contributed by atoms with Gasteiger partial charge in [-0.1, -0.05) is 6.08 Å². The number of hydrogen-bond acceptors (Lipinski definition) is 3. The molecule has 0 aliphatic heterocycles. The van der Waals surface area contributed by atoms with Crippen LogP contribution in [0.2, 0.25) is 0 Å². The Morgan fingerprint density at radius 3 is 2.36 bits per heavy atom. The van der Waals surface area contributed by atoms with Crippen LogP contribution in [0.25, 0.3) is 0 Å². The van der Waals surface area contributed by atoms with Crippen LogP contribution in [0.5, 0.6) is 0 Å². The lowest BCUT2D eigenvalue weighted by molar-refractivity contribution is -0.122. The molecule has 0 radical (unpaired) electrons. The van der Waals surface area contributed by atoms with Crippen LogP contribution in [0, 0.1) is 0 Å². The van der Waals surface area contributed by atoms with E-state index in [1.807, 2.05) is 0 Å². The summed E-state index contributed by atoms with van der Waals surface area (Å²) in [4.78, 5) is 11.5. The van der Waals surface area contributed by atoms with Crippen molar-refractivity contribution in [1.82, 2.24) is 5.32 Å². The first-order valence-electron chi connectivity index (χ1n) is 4.32. The van der Waals surface area contributed by atoms with E-state index in [0.29, 0.717) is 13.0 Å². The summed E-state index contributed by atoms with van der Waals surface area (Å²) < 4.78 is 21.1. The van der Waals surface area contributed by atoms with Crippen LogP contribution in [0.4, 0.5) is 0 Å². The van der Waals surface area contributed by atoms with Crippen LogP contribution in [-0.4, -0.2) is 31.9 Å². The van der Waals surface area contributed by atoms with Gasteiger partial charge in [0.1, 0.15) is 4.75 Å². The van der Waals surface area contributed by atoms with Crippen LogP contribution in [-0.2, 0) is 14.6 Å². The lowest BCUT2D eigenvalue weighted by Crippen LogP contribution is -2.47. The minimum absolute atomic E-state index is 0.418. The summed E-state index contributed by atoms with van der Waals surface area (Å²) in [5.74, 6) is -0.471. The van der Waals surface area contributed by atoms with Gasteiger partial charge in [-0.15, -0.1) is 6.58 Å². The zero-order valence-corrected chi connectivity index (χ0v) is 9.65. The summed E-state index contributed by atoms with van der Waals surface area (Å²) in [5.41, 5.74) is 0. The third kappa shape index (κ3) is 3.14. The van der Waals surface area contributed by atoms with Gasteiger partial charge in [0.15, 0.2) is 9.84 Å². The van der Waals surface area contributed by atoms with Crippen LogP contribution in [0.3, 0.4) is 0 Å². The molecule has 0 saturated carbocycles. The zero-order valence-electron chi connectivity index (χ0n) is 8.83. The van der Waals surface area contributed by atoms with Crippen molar-refractivity contribution in [3.05, 3.63) is 12.7 Å². The van der Waals surface area contributed by atoms with Crippen molar-refractivity contribution in [3.8, 4) is 0 Å². The summed E-state index contributed by atoms with van der Waals surface area (Å²) in [6, 6.07) is 0. The van der Waals surface area contributed by atoms with Gasteiger partial charge in [0, 0.05) is 12.8 Å². The molecule has 0 atom stereocenters. The molecule has 4 nitrogen and oxygen atoms in total. The van der Waals surface area contributed by atoms with Gasteiger partial charge in [-0.05, 0) is 20.3 Å². The van der Waals surface area contributed by atoms with Crippen molar-refractivity contribution in [3.63, 3.8) is 0 Å². The highest BCUT2D eigenvalue weighted by atomic mass is 32.2. The van der Waals surface area contributed by atoms with Crippen molar-refractivity contribution >= 4 is 15.7 Å². The first-order chi connectivity index (χ1) is 6.23. The second-order valence-electron chi connectivity index (χ2n) is 3.62. The predicted molar refractivity (Wildman–Crippen MR) is 56.7 cm³/mol. The lowest BCUT2D eigenvalue weighted by Gasteiger charge is -2.21. The Morgan fingerprint density at radius 1 is 1.50 bits per heavy atom. The highest BCUT2D eigenvalue weighted by Gasteiger charge is 2.37. The molecule has 0 aromatic carbocycles. The van der Waals surface area contributed by atoms with Crippen LogP contribution < -0.4 is 5.32 Å². The molecule has 0 aliphatic rings. The molecule has 0 spiro atoms. The Kier molecular flexibility index (Phi) is 4.32. The largest absolute Gasteiger partial charge is 0.354 e. The molecule has 0 fully saturated rings. The maximum absolute atomic E-state index is 11.5. The van der Waals surface area contributed by atoms with Gasteiger partial charge in [0.2, 0.25) is 5.91 Å². The first-order valence-corrected chi connectivity index (χ1v) is 6.21. The standard InChI is InChI=1S/C9H17NO3S/c1-5-6-7-10-8(11)9(2,3)14(4,12)13/h5H,1,6-7H2,2-4H3,(H,10,11). The second kappa shape index (κ2) is 4.59. The van der Waals surface area contributed by atoms with E-state index >= 15 is 0 Å². The molecule has 14 heavy (non-hydrogen) atoms. The quantitative estimate of drug-likeness (QED) is 0.541. The average Bonchev–Trinajstić information content (AvgIpc) is 2.02. The Hall–Kier alpha value is -0.840. The molecule has 1 N–H and O–H groups in total. The molecule has 0 unspecified atom stereocenters. The highest BCUT2D eigenvalue weighted by Crippen LogP contribution is 2.14. The van der Waals surface area contributed by atoms with E-state index in [1.165, 1.54) is 13.8 Å². The van der Waals surface area contributed by atoms with Crippen molar-refractivity contribution in [2.24, 2.45) is 0 Å². The molecular formula is C9H17NO3S. The molecule has 5 heteroatoms. The van der Waals surface area contributed by atoms with Gasteiger partial charge in [-0.3, -0.25) is 4.79 Å². The van der Waals surface area contributed by atoms with Crippen molar-refractivity contribution < 1.29 is 13.2 Å². The molecule has 82 valence electrons. The maximum Gasteiger partial charge on any atom is 0.240 e. The van der Waals surface area contributed by atoms with Gasteiger partial charge < -0.3 is 5.32 Å². The Bertz CT molecular complexity index is 317. The Morgan fingerprint density at radius 2 is 2.00 bits per heavy atom. The van der Waals surface area contributed by atoms with E-state index in [1.54, 1.807) is 6.08 Å². The van der Waals surface area contributed by atoms with E-state index in [0.717, 1.165) is 6.26 Å². The zero-order chi connectivity index (χ0) is 11.4. The summed E-state index contributed by atoms with van der Waals surface area (Å²) >= 11 is 0. The monoisotopic (exact) mass is 219 g/mol. The van der Waals surface area contributed by atoms with Gasteiger partial charge in [0.05, 0.1) is 0 Å². The van der Waals surface area contributed by atoms with Gasteiger partial charge in [0.25, 0.3) is 0 Å².